The van der Waals surface area contributed by atoms with Crippen molar-refractivity contribution in [2.45, 2.75) is 45.6 Å². The minimum absolute atomic E-state index is 0.348. The van der Waals surface area contributed by atoms with Gasteiger partial charge in [0.05, 0.1) is 0 Å². The maximum atomic E-state index is 12.0. The standard InChI is InChI=1S/C13H26N2O/c1-11(12(2)14(3)4)10-13(16)15-8-6-5-7-9-15/h11-12H,5-10H2,1-4H3. The zero-order valence-corrected chi connectivity index (χ0v) is 11.2. The summed E-state index contributed by atoms with van der Waals surface area (Å²) in [5, 5.41) is 0. The third-order valence-electron chi connectivity index (χ3n) is 3.84. The molecule has 1 aliphatic rings. The Hall–Kier alpha value is -0.570. The van der Waals surface area contributed by atoms with Gasteiger partial charge >= 0.3 is 0 Å². The zero-order valence-electron chi connectivity index (χ0n) is 11.2. The van der Waals surface area contributed by atoms with Crippen LogP contribution in [0.4, 0.5) is 0 Å². The lowest BCUT2D eigenvalue weighted by atomic mass is 9.97. The molecule has 1 heterocycles. The first-order valence-electron chi connectivity index (χ1n) is 6.46. The lowest BCUT2D eigenvalue weighted by Gasteiger charge is -2.30. The van der Waals surface area contributed by atoms with Crippen molar-refractivity contribution >= 4 is 5.91 Å². The summed E-state index contributed by atoms with van der Waals surface area (Å²) in [5.74, 6) is 0.783. The van der Waals surface area contributed by atoms with E-state index in [1.54, 1.807) is 0 Å². The molecule has 3 heteroatoms. The normalized spacial score (nSPS) is 20.9. The number of carbonyl (C=O) groups excluding carboxylic acids is 1. The molecule has 2 atom stereocenters. The Morgan fingerprint density at radius 2 is 1.75 bits per heavy atom. The Morgan fingerprint density at radius 1 is 1.19 bits per heavy atom. The molecule has 0 aliphatic carbocycles. The van der Waals surface area contributed by atoms with Gasteiger partial charge in [-0.15, -0.1) is 0 Å². The summed E-state index contributed by atoms with van der Waals surface area (Å²) in [6.45, 7) is 6.31. The third-order valence-corrected chi connectivity index (χ3v) is 3.84. The van der Waals surface area contributed by atoms with Gasteiger partial charge in [-0.3, -0.25) is 4.79 Å². The van der Waals surface area contributed by atoms with Crippen molar-refractivity contribution in [3.8, 4) is 0 Å². The van der Waals surface area contributed by atoms with Crippen LogP contribution in [0.2, 0.25) is 0 Å². The highest BCUT2D eigenvalue weighted by atomic mass is 16.2. The van der Waals surface area contributed by atoms with E-state index in [1.807, 2.05) is 4.90 Å². The number of nitrogens with zero attached hydrogens (tertiary/aromatic N) is 2. The summed E-state index contributed by atoms with van der Waals surface area (Å²) < 4.78 is 0. The van der Waals surface area contributed by atoms with Gasteiger partial charge in [0.15, 0.2) is 0 Å². The first-order chi connectivity index (χ1) is 7.52. The van der Waals surface area contributed by atoms with Gasteiger partial charge < -0.3 is 9.80 Å². The topological polar surface area (TPSA) is 23.6 Å². The molecule has 16 heavy (non-hydrogen) atoms. The third kappa shape index (κ3) is 3.78. The average Bonchev–Trinajstić information content (AvgIpc) is 2.28. The van der Waals surface area contributed by atoms with E-state index in [0.29, 0.717) is 24.3 Å². The SMILES string of the molecule is CC(CC(=O)N1CCCCC1)C(C)N(C)C. The van der Waals surface area contributed by atoms with E-state index < -0.39 is 0 Å². The molecule has 0 aromatic rings. The molecule has 1 rings (SSSR count). The lowest BCUT2D eigenvalue weighted by molar-refractivity contribution is -0.133. The van der Waals surface area contributed by atoms with E-state index in [9.17, 15) is 4.79 Å². The highest BCUT2D eigenvalue weighted by molar-refractivity contribution is 5.76. The van der Waals surface area contributed by atoms with Gasteiger partial charge in [0.25, 0.3) is 0 Å². The minimum atomic E-state index is 0.348. The summed E-state index contributed by atoms with van der Waals surface area (Å²) in [4.78, 5) is 16.3. The van der Waals surface area contributed by atoms with Crippen LogP contribution in [0.1, 0.15) is 39.5 Å². The zero-order chi connectivity index (χ0) is 12.1. The molecule has 0 bridgehead atoms. The molecule has 3 nitrogen and oxygen atoms in total. The Labute approximate surface area is 99.8 Å². The Kier molecular flexibility index (Phi) is 5.26. The number of hydrogen-bond acceptors (Lipinski definition) is 2. The monoisotopic (exact) mass is 226 g/mol. The molecule has 1 fully saturated rings. The molecule has 1 saturated heterocycles. The number of amides is 1. The fourth-order valence-electron chi connectivity index (χ4n) is 2.23. The number of carbonyl (C=O) groups is 1. The molecule has 1 amide bonds. The van der Waals surface area contributed by atoms with E-state index in [2.05, 4.69) is 32.8 Å². The van der Waals surface area contributed by atoms with Crippen LogP contribution in [0.5, 0.6) is 0 Å². The number of hydrogen-bond donors (Lipinski definition) is 0. The largest absolute Gasteiger partial charge is 0.343 e. The molecule has 1 aliphatic heterocycles. The lowest BCUT2D eigenvalue weighted by Crippen LogP contribution is -2.39. The van der Waals surface area contributed by atoms with Crippen LogP contribution in [0.15, 0.2) is 0 Å². The van der Waals surface area contributed by atoms with E-state index in [1.165, 1.54) is 19.3 Å². The van der Waals surface area contributed by atoms with Crippen molar-refractivity contribution in [1.29, 1.82) is 0 Å². The van der Waals surface area contributed by atoms with Crippen LogP contribution in [0.3, 0.4) is 0 Å². The molecule has 0 saturated carbocycles. The van der Waals surface area contributed by atoms with Gasteiger partial charge in [-0.25, -0.2) is 0 Å². The number of likely N-dealkylation sites (tertiary alicyclic amines) is 1. The predicted octanol–water partition coefficient (Wildman–Crippen LogP) is 1.98. The average molecular weight is 226 g/mol. The van der Waals surface area contributed by atoms with Gasteiger partial charge in [0.1, 0.15) is 0 Å². The van der Waals surface area contributed by atoms with Crippen LogP contribution in [0, 0.1) is 5.92 Å². The predicted molar refractivity (Wildman–Crippen MR) is 67.4 cm³/mol. The van der Waals surface area contributed by atoms with Crippen molar-refractivity contribution in [3.63, 3.8) is 0 Å². The molecular formula is C13H26N2O. The number of rotatable bonds is 4. The molecule has 94 valence electrons. The quantitative estimate of drug-likeness (QED) is 0.732. The highest BCUT2D eigenvalue weighted by Gasteiger charge is 2.22. The summed E-state index contributed by atoms with van der Waals surface area (Å²) in [7, 11) is 4.15. The van der Waals surface area contributed by atoms with Crippen molar-refractivity contribution in [2.24, 2.45) is 5.92 Å². The molecule has 0 aromatic heterocycles. The maximum Gasteiger partial charge on any atom is 0.222 e. The second kappa shape index (κ2) is 6.24. The second-order valence-corrected chi connectivity index (χ2v) is 5.33. The van der Waals surface area contributed by atoms with Crippen LogP contribution in [-0.4, -0.2) is 48.9 Å². The molecule has 0 N–H and O–H groups in total. The van der Waals surface area contributed by atoms with Crippen molar-refractivity contribution in [2.75, 3.05) is 27.2 Å². The fraction of sp³-hybridized carbons (Fsp3) is 0.923. The van der Waals surface area contributed by atoms with E-state index >= 15 is 0 Å². The van der Waals surface area contributed by atoms with Gasteiger partial charge in [-0.1, -0.05) is 6.92 Å². The Morgan fingerprint density at radius 3 is 2.25 bits per heavy atom. The van der Waals surface area contributed by atoms with Crippen LogP contribution in [-0.2, 0) is 4.79 Å². The van der Waals surface area contributed by atoms with Crippen LogP contribution in [0.25, 0.3) is 0 Å². The summed E-state index contributed by atoms with van der Waals surface area (Å²) in [6, 6.07) is 0.466. The van der Waals surface area contributed by atoms with Crippen LogP contribution >= 0.6 is 0 Å². The van der Waals surface area contributed by atoms with E-state index in [4.69, 9.17) is 0 Å². The second-order valence-electron chi connectivity index (χ2n) is 5.33. The maximum absolute atomic E-state index is 12.0. The molecule has 0 spiro atoms. The Balaban J connectivity index is 2.37. The van der Waals surface area contributed by atoms with Gasteiger partial charge in [-0.05, 0) is 46.2 Å². The molecule has 0 aromatic carbocycles. The van der Waals surface area contributed by atoms with E-state index in [-0.39, 0.29) is 0 Å². The van der Waals surface area contributed by atoms with Gasteiger partial charge in [0.2, 0.25) is 5.91 Å². The van der Waals surface area contributed by atoms with Crippen molar-refractivity contribution in [3.05, 3.63) is 0 Å². The fourth-order valence-corrected chi connectivity index (χ4v) is 2.23. The van der Waals surface area contributed by atoms with Gasteiger partial charge in [-0.2, -0.15) is 0 Å². The molecule has 0 radical (unpaired) electrons. The molecular weight excluding hydrogens is 200 g/mol. The van der Waals surface area contributed by atoms with Crippen molar-refractivity contribution in [1.82, 2.24) is 9.80 Å². The van der Waals surface area contributed by atoms with Crippen molar-refractivity contribution < 1.29 is 4.79 Å². The molecule has 2 unspecified atom stereocenters. The summed E-state index contributed by atoms with van der Waals surface area (Å²) >= 11 is 0. The number of piperidine rings is 1. The highest BCUT2D eigenvalue weighted by Crippen LogP contribution is 2.16. The smallest absolute Gasteiger partial charge is 0.222 e. The summed E-state index contributed by atoms with van der Waals surface area (Å²) in [5.41, 5.74) is 0. The van der Waals surface area contributed by atoms with Gasteiger partial charge in [0, 0.05) is 25.6 Å². The first-order valence-corrected chi connectivity index (χ1v) is 6.46. The van der Waals surface area contributed by atoms with E-state index in [0.717, 1.165) is 13.1 Å². The Bertz CT molecular complexity index is 222. The minimum Gasteiger partial charge on any atom is -0.343 e. The van der Waals surface area contributed by atoms with Crippen LogP contribution < -0.4 is 0 Å². The summed E-state index contributed by atoms with van der Waals surface area (Å²) in [6.07, 6.45) is 4.35. The first kappa shape index (κ1) is 13.5.